The Hall–Kier alpha value is -3.64. The summed E-state index contributed by atoms with van der Waals surface area (Å²) in [5, 5.41) is 3.73. The Bertz CT molecular complexity index is 1270. The van der Waals surface area contributed by atoms with E-state index in [9.17, 15) is 9.18 Å². The van der Waals surface area contributed by atoms with Crippen LogP contribution in [0.4, 0.5) is 10.2 Å². The molecule has 0 aliphatic heterocycles. The van der Waals surface area contributed by atoms with E-state index in [0.717, 1.165) is 34.1 Å². The molecule has 0 saturated heterocycles. The van der Waals surface area contributed by atoms with Crippen LogP contribution in [0.2, 0.25) is 0 Å². The molecule has 1 unspecified atom stereocenters. The smallest absolute Gasteiger partial charge is 0.256 e. The summed E-state index contributed by atoms with van der Waals surface area (Å²) in [5.41, 5.74) is 10.2. The topological polar surface area (TPSA) is 80.9 Å². The molecule has 2 aromatic heterocycles. The Balaban J connectivity index is 1.57. The Morgan fingerprint density at radius 3 is 2.62 bits per heavy atom. The Labute approximate surface area is 186 Å². The van der Waals surface area contributed by atoms with Crippen molar-refractivity contribution in [3.8, 4) is 11.1 Å². The predicted molar refractivity (Wildman–Crippen MR) is 126 cm³/mol. The van der Waals surface area contributed by atoms with Crippen molar-refractivity contribution in [1.82, 2.24) is 9.97 Å². The van der Waals surface area contributed by atoms with Gasteiger partial charge in [0.05, 0.1) is 11.2 Å². The van der Waals surface area contributed by atoms with Gasteiger partial charge in [-0.2, -0.15) is 0 Å². The van der Waals surface area contributed by atoms with Gasteiger partial charge < -0.3 is 11.1 Å². The second-order valence-electron chi connectivity index (χ2n) is 8.27. The van der Waals surface area contributed by atoms with Crippen molar-refractivity contribution >= 4 is 22.6 Å². The van der Waals surface area contributed by atoms with Gasteiger partial charge in [-0.15, -0.1) is 0 Å². The lowest BCUT2D eigenvalue weighted by molar-refractivity contribution is 0.102. The molecule has 0 radical (unpaired) electrons. The minimum atomic E-state index is -0.461. The van der Waals surface area contributed by atoms with E-state index in [2.05, 4.69) is 24.1 Å². The number of nitrogens with two attached hydrogens (primary N) is 1. The molecule has 5 nitrogen and oxygen atoms in total. The van der Waals surface area contributed by atoms with Crippen LogP contribution in [0.1, 0.15) is 42.4 Å². The summed E-state index contributed by atoms with van der Waals surface area (Å²) in [6.45, 7) is 4.30. The van der Waals surface area contributed by atoms with Crippen molar-refractivity contribution in [2.24, 2.45) is 11.7 Å². The second-order valence-corrected chi connectivity index (χ2v) is 8.27. The summed E-state index contributed by atoms with van der Waals surface area (Å²) in [6.07, 6.45) is 2.52. The highest BCUT2D eigenvalue weighted by Crippen LogP contribution is 2.27. The molecule has 162 valence electrons. The van der Waals surface area contributed by atoms with Gasteiger partial charge in [-0.05, 0) is 72.0 Å². The average molecular weight is 429 g/mol. The fraction of sp³-hybridized carbons (Fsp3) is 0.192. The van der Waals surface area contributed by atoms with Crippen molar-refractivity contribution in [1.29, 1.82) is 0 Å². The number of hydrogen-bond acceptors (Lipinski definition) is 4. The van der Waals surface area contributed by atoms with Gasteiger partial charge in [0.2, 0.25) is 0 Å². The van der Waals surface area contributed by atoms with Gasteiger partial charge in [0.25, 0.3) is 5.91 Å². The first-order valence-electron chi connectivity index (χ1n) is 10.6. The normalized spacial score (nSPS) is 12.2. The lowest BCUT2D eigenvalue weighted by atomic mass is 10.00. The molecule has 2 heterocycles. The van der Waals surface area contributed by atoms with Crippen LogP contribution < -0.4 is 11.1 Å². The zero-order valence-electron chi connectivity index (χ0n) is 18.0. The number of pyridine rings is 2. The first-order chi connectivity index (χ1) is 15.4. The van der Waals surface area contributed by atoms with Gasteiger partial charge in [-0.1, -0.05) is 32.0 Å². The number of amides is 1. The zero-order valence-corrected chi connectivity index (χ0v) is 18.0. The van der Waals surface area contributed by atoms with E-state index in [4.69, 9.17) is 10.7 Å². The number of carbonyl (C=O) groups excluding carboxylic acids is 1. The first kappa shape index (κ1) is 21.6. The standard InChI is InChI=1S/C26H25FN4O/c1-16(2)12-22(28)24-9-7-19-13-17(6-8-23(19)30-24)18-10-11-29-25(15-18)31-26(32)20-4-3-5-21(27)14-20/h3-11,13-16,22H,12,28H2,1-2H3,(H,29,31,32). The molecule has 4 rings (SSSR count). The second kappa shape index (κ2) is 9.24. The van der Waals surface area contributed by atoms with Crippen LogP contribution in [0.5, 0.6) is 0 Å². The molecule has 32 heavy (non-hydrogen) atoms. The lowest BCUT2D eigenvalue weighted by Crippen LogP contribution is -2.14. The number of benzene rings is 2. The van der Waals surface area contributed by atoms with Crippen LogP contribution in [-0.2, 0) is 0 Å². The highest BCUT2D eigenvalue weighted by atomic mass is 19.1. The van der Waals surface area contributed by atoms with Crippen LogP contribution in [0, 0.1) is 11.7 Å². The van der Waals surface area contributed by atoms with Crippen LogP contribution in [0.25, 0.3) is 22.0 Å². The molecule has 2 aromatic carbocycles. The monoisotopic (exact) mass is 428 g/mol. The maximum absolute atomic E-state index is 13.4. The number of hydrogen-bond donors (Lipinski definition) is 2. The number of carbonyl (C=O) groups is 1. The minimum absolute atomic E-state index is 0.0801. The van der Waals surface area contributed by atoms with Gasteiger partial charge in [0, 0.05) is 23.2 Å². The third-order valence-corrected chi connectivity index (χ3v) is 5.24. The molecule has 0 bridgehead atoms. The lowest BCUT2D eigenvalue weighted by Gasteiger charge is -2.14. The summed E-state index contributed by atoms with van der Waals surface area (Å²) in [6, 6.07) is 19.2. The zero-order chi connectivity index (χ0) is 22.7. The summed E-state index contributed by atoms with van der Waals surface area (Å²) < 4.78 is 13.4. The molecule has 1 amide bonds. The number of fused-ring (bicyclic) bond motifs is 1. The first-order valence-corrected chi connectivity index (χ1v) is 10.6. The van der Waals surface area contributed by atoms with Crippen molar-refractivity contribution < 1.29 is 9.18 Å². The van der Waals surface area contributed by atoms with E-state index in [0.29, 0.717) is 11.7 Å². The third kappa shape index (κ3) is 4.98. The molecule has 4 aromatic rings. The molecule has 0 fully saturated rings. The maximum Gasteiger partial charge on any atom is 0.256 e. The van der Waals surface area contributed by atoms with Crippen LogP contribution in [0.15, 0.2) is 72.9 Å². The summed E-state index contributed by atoms with van der Waals surface area (Å²) in [7, 11) is 0. The van der Waals surface area contributed by atoms with Crippen LogP contribution in [0.3, 0.4) is 0 Å². The SMILES string of the molecule is CC(C)CC(N)c1ccc2cc(-c3ccnc(NC(=O)c4cccc(F)c4)c3)ccc2n1. The van der Waals surface area contributed by atoms with E-state index < -0.39 is 11.7 Å². The summed E-state index contributed by atoms with van der Waals surface area (Å²) in [5.74, 6) is 0.0248. The highest BCUT2D eigenvalue weighted by molar-refractivity contribution is 6.04. The molecule has 0 spiro atoms. The number of nitrogens with zero attached hydrogens (tertiary/aromatic N) is 2. The molecular formula is C26H25FN4O. The molecule has 0 saturated carbocycles. The molecular weight excluding hydrogens is 403 g/mol. The number of nitrogens with one attached hydrogen (secondary N) is 1. The molecule has 6 heteroatoms. The van der Waals surface area contributed by atoms with Crippen molar-refractivity contribution in [2.45, 2.75) is 26.3 Å². The van der Waals surface area contributed by atoms with Gasteiger partial charge in [0.1, 0.15) is 11.6 Å². The number of anilines is 1. The molecule has 1 atom stereocenters. The van der Waals surface area contributed by atoms with Crippen LogP contribution >= 0.6 is 0 Å². The van der Waals surface area contributed by atoms with E-state index in [1.54, 1.807) is 18.3 Å². The van der Waals surface area contributed by atoms with Gasteiger partial charge in [-0.3, -0.25) is 9.78 Å². The van der Waals surface area contributed by atoms with E-state index in [1.165, 1.54) is 18.2 Å². The van der Waals surface area contributed by atoms with Crippen molar-refractivity contribution in [3.63, 3.8) is 0 Å². The number of halogens is 1. The Morgan fingerprint density at radius 1 is 1.03 bits per heavy atom. The Kier molecular flexibility index (Phi) is 6.23. The van der Waals surface area contributed by atoms with Gasteiger partial charge in [-0.25, -0.2) is 9.37 Å². The fourth-order valence-corrected chi connectivity index (χ4v) is 3.65. The predicted octanol–water partition coefficient (Wildman–Crippen LogP) is 5.73. The van der Waals surface area contributed by atoms with E-state index >= 15 is 0 Å². The van der Waals surface area contributed by atoms with Gasteiger partial charge >= 0.3 is 0 Å². The summed E-state index contributed by atoms with van der Waals surface area (Å²) >= 11 is 0. The minimum Gasteiger partial charge on any atom is -0.323 e. The van der Waals surface area contributed by atoms with Crippen molar-refractivity contribution in [3.05, 3.63) is 90.0 Å². The van der Waals surface area contributed by atoms with E-state index in [-0.39, 0.29) is 11.6 Å². The van der Waals surface area contributed by atoms with Gasteiger partial charge in [0.15, 0.2) is 0 Å². The average Bonchev–Trinajstić information content (AvgIpc) is 2.78. The number of aromatic nitrogens is 2. The highest BCUT2D eigenvalue weighted by Gasteiger charge is 2.12. The van der Waals surface area contributed by atoms with E-state index in [1.807, 2.05) is 36.4 Å². The summed E-state index contributed by atoms with van der Waals surface area (Å²) in [4.78, 5) is 21.4. The molecule has 0 aliphatic carbocycles. The largest absolute Gasteiger partial charge is 0.323 e. The van der Waals surface area contributed by atoms with Crippen molar-refractivity contribution in [2.75, 3.05) is 5.32 Å². The quantitative estimate of drug-likeness (QED) is 0.411. The molecule has 0 aliphatic rings. The fourth-order valence-electron chi connectivity index (χ4n) is 3.65. The van der Waals surface area contributed by atoms with Crippen LogP contribution in [-0.4, -0.2) is 15.9 Å². The molecule has 3 N–H and O–H groups in total. The Morgan fingerprint density at radius 2 is 1.84 bits per heavy atom. The third-order valence-electron chi connectivity index (χ3n) is 5.24. The maximum atomic E-state index is 13.4. The number of rotatable bonds is 6.